The molecule has 0 rings (SSSR count). The van der Waals surface area contributed by atoms with Crippen LogP contribution in [0.3, 0.4) is 0 Å². The third-order valence-corrected chi connectivity index (χ3v) is 7.05. The molecule has 0 fully saturated rings. The van der Waals surface area contributed by atoms with Crippen LogP contribution in [0, 0.1) is 0 Å². The second-order valence-corrected chi connectivity index (χ2v) is 9.21. The van der Waals surface area contributed by atoms with Crippen LogP contribution in [0.4, 0.5) is 0 Å². The van der Waals surface area contributed by atoms with Crippen LogP contribution in [0.1, 0.15) is 61.3 Å². The van der Waals surface area contributed by atoms with E-state index in [2.05, 4.69) is 32.6 Å². The van der Waals surface area contributed by atoms with Gasteiger partial charge in [0.1, 0.15) is 0 Å². The highest BCUT2D eigenvalue weighted by Gasteiger charge is 2.39. The van der Waals surface area contributed by atoms with E-state index in [1.54, 1.807) is 0 Å². The van der Waals surface area contributed by atoms with E-state index in [1.165, 1.54) is 0 Å². The van der Waals surface area contributed by atoms with E-state index in [0.29, 0.717) is 31.9 Å². The van der Waals surface area contributed by atoms with E-state index in [0.717, 1.165) is 38.6 Å². The van der Waals surface area contributed by atoms with Crippen molar-refractivity contribution in [2.24, 2.45) is 0 Å². The summed E-state index contributed by atoms with van der Waals surface area (Å²) in [5.41, 5.74) is 0. The lowest BCUT2D eigenvalue weighted by molar-refractivity contribution is 0.0644. The van der Waals surface area contributed by atoms with E-state index in [1.807, 2.05) is 20.8 Å². The Balaban J connectivity index is 4.00. The van der Waals surface area contributed by atoms with Gasteiger partial charge in [-0.2, -0.15) is 0 Å². The molecule has 0 unspecified atom stereocenters. The summed E-state index contributed by atoms with van der Waals surface area (Å²) in [6.45, 7) is 19.5. The molecular weight excluding hydrogens is 322 g/mol. The Labute approximate surface area is 151 Å². The third kappa shape index (κ3) is 10.1. The number of ether oxygens (including phenoxy) is 1. The molecule has 0 spiro atoms. The van der Waals surface area contributed by atoms with Gasteiger partial charge >= 0.3 is 8.80 Å². The van der Waals surface area contributed by atoms with Crippen LogP contribution in [0.5, 0.6) is 0 Å². The van der Waals surface area contributed by atoms with Crippen LogP contribution < -0.4 is 0 Å². The highest BCUT2D eigenvalue weighted by atomic mass is 28.4. The summed E-state index contributed by atoms with van der Waals surface area (Å²) < 4.78 is 23.4. The minimum absolute atomic E-state index is 0.584. The standard InChI is InChI=1S/C18H41NO4Si/c1-8-21-24(22-9-2,23-10-3)16-12-15-20-14-11-13-19(17(4)5)18(6)7/h17-18H,8-16H2,1-7H3. The van der Waals surface area contributed by atoms with Gasteiger partial charge in [-0.15, -0.1) is 0 Å². The molecule has 146 valence electrons. The number of rotatable bonds is 16. The zero-order valence-electron chi connectivity index (χ0n) is 17.1. The molecule has 0 atom stereocenters. The topological polar surface area (TPSA) is 40.2 Å². The van der Waals surface area contributed by atoms with Crippen molar-refractivity contribution in [1.82, 2.24) is 4.90 Å². The molecule has 0 aliphatic heterocycles. The molecule has 0 aromatic heterocycles. The van der Waals surface area contributed by atoms with Crippen LogP contribution in [-0.2, 0) is 18.0 Å². The third-order valence-electron chi connectivity index (χ3n) is 3.90. The van der Waals surface area contributed by atoms with Gasteiger partial charge in [0, 0.05) is 57.7 Å². The first kappa shape index (κ1) is 24.0. The van der Waals surface area contributed by atoms with Crippen molar-refractivity contribution in [3.05, 3.63) is 0 Å². The maximum Gasteiger partial charge on any atom is 0.501 e. The molecule has 0 saturated carbocycles. The predicted octanol–water partition coefficient (Wildman–Crippen LogP) is 3.95. The first-order valence-electron chi connectivity index (χ1n) is 9.67. The summed E-state index contributed by atoms with van der Waals surface area (Å²) in [5, 5.41) is 0. The Kier molecular flexibility index (Phi) is 14.2. The molecule has 0 amide bonds. The molecule has 0 N–H and O–H groups in total. The fraction of sp³-hybridized carbons (Fsp3) is 1.00. The maximum atomic E-state index is 5.85. The smallest absolute Gasteiger partial charge is 0.381 e. The average molecular weight is 364 g/mol. The van der Waals surface area contributed by atoms with Crippen molar-refractivity contribution < 1.29 is 18.0 Å². The van der Waals surface area contributed by atoms with Crippen LogP contribution in [0.25, 0.3) is 0 Å². The van der Waals surface area contributed by atoms with Crippen LogP contribution in [0.2, 0.25) is 6.04 Å². The molecule has 0 radical (unpaired) electrons. The first-order chi connectivity index (χ1) is 11.4. The highest BCUT2D eigenvalue weighted by Crippen LogP contribution is 2.18. The maximum absolute atomic E-state index is 5.85. The van der Waals surface area contributed by atoms with Crippen molar-refractivity contribution in [3.63, 3.8) is 0 Å². The molecule has 0 aliphatic rings. The Morgan fingerprint density at radius 1 is 0.750 bits per heavy atom. The predicted molar refractivity (Wildman–Crippen MR) is 102 cm³/mol. The number of nitrogens with zero attached hydrogens (tertiary/aromatic N) is 1. The minimum atomic E-state index is -2.50. The molecule has 24 heavy (non-hydrogen) atoms. The normalized spacial score (nSPS) is 12.8. The van der Waals surface area contributed by atoms with Gasteiger partial charge in [0.2, 0.25) is 0 Å². The molecule has 0 heterocycles. The largest absolute Gasteiger partial charge is 0.501 e. The first-order valence-corrected chi connectivity index (χ1v) is 11.6. The van der Waals surface area contributed by atoms with Crippen molar-refractivity contribution in [3.8, 4) is 0 Å². The summed E-state index contributed by atoms with van der Waals surface area (Å²) in [6, 6.07) is 1.99. The van der Waals surface area contributed by atoms with Gasteiger partial charge in [0.05, 0.1) is 0 Å². The van der Waals surface area contributed by atoms with Gasteiger partial charge in [-0.25, -0.2) is 0 Å². The Morgan fingerprint density at radius 2 is 1.21 bits per heavy atom. The molecule has 0 aromatic rings. The zero-order chi connectivity index (χ0) is 18.4. The van der Waals surface area contributed by atoms with Gasteiger partial charge < -0.3 is 18.0 Å². The molecule has 6 heteroatoms. The van der Waals surface area contributed by atoms with E-state index in [-0.39, 0.29) is 0 Å². The number of hydrogen-bond acceptors (Lipinski definition) is 5. The second-order valence-electron chi connectivity index (χ2n) is 6.48. The quantitative estimate of drug-likeness (QED) is 0.307. The Morgan fingerprint density at radius 3 is 1.62 bits per heavy atom. The Bertz CT molecular complexity index is 265. The average Bonchev–Trinajstić information content (AvgIpc) is 2.50. The SMILES string of the molecule is CCO[Si](CCCOCCCN(C(C)C)C(C)C)(OCC)OCC. The van der Waals surface area contributed by atoms with Crippen LogP contribution in [-0.4, -0.2) is 65.4 Å². The van der Waals surface area contributed by atoms with Gasteiger partial charge in [0.15, 0.2) is 0 Å². The molecular formula is C18H41NO4Si. The van der Waals surface area contributed by atoms with Crippen molar-refractivity contribution in [1.29, 1.82) is 0 Å². The fourth-order valence-electron chi connectivity index (χ4n) is 2.96. The molecule has 0 aliphatic carbocycles. The lowest BCUT2D eigenvalue weighted by Crippen LogP contribution is -2.46. The van der Waals surface area contributed by atoms with E-state index in [9.17, 15) is 0 Å². The van der Waals surface area contributed by atoms with E-state index < -0.39 is 8.80 Å². The van der Waals surface area contributed by atoms with E-state index in [4.69, 9.17) is 18.0 Å². The zero-order valence-corrected chi connectivity index (χ0v) is 18.1. The second kappa shape index (κ2) is 14.2. The fourth-order valence-corrected chi connectivity index (χ4v) is 5.54. The molecule has 0 saturated heterocycles. The summed E-state index contributed by atoms with van der Waals surface area (Å²) in [4.78, 5) is 2.50. The monoisotopic (exact) mass is 363 g/mol. The van der Waals surface area contributed by atoms with Gasteiger partial charge in [-0.05, 0) is 61.3 Å². The van der Waals surface area contributed by atoms with Gasteiger partial charge in [0.25, 0.3) is 0 Å². The molecule has 0 aromatic carbocycles. The lowest BCUT2D eigenvalue weighted by atomic mass is 10.2. The summed E-state index contributed by atoms with van der Waals surface area (Å²) >= 11 is 0. The molecule has 0 bridgehead atoms. The molecule has 5 nitrogen and oxygen atoms in total. The van der Waals surface area contributed by atoms with Gasteiger partial charge in [-0.1, -0.05) is 0 Å². The van der Waals surface area contributed by atoms with Crippen LogP contribution in [0.15, 0.2) is 0 Å². The summed E-state index contributed by atoms with van der Waals surface area (Å²) in [5.74, 6) is 0. The Hall–Kier alpha value is 0.0169. The summed E-state index contributed by atoms with van der Waals surface area (Å²) in [6.07, 6.45) is 1.99. The van der Waals surface area contributed by atoms with Crippen molar-refractivity contribution >= 4 is 8.80 Å². The van der Waals surface area contributed by atoms with Crippen molar-refractivity contribution in [2.45, 2.75) is 79.4 Å². The van der Waals surface area contributed by atoms with Gasteiger partial charge in [-0.3, -0.25) is 4.90 Å². The lowest BCUT2D eigenvalue weighted by Gasteiger charge is -2.30. The van der Waals surface area contributed by atoms with E-state index >= 15 is 0 Å². The van der Waals surface area contributed by atoms with Crippen LogP contribution >= 0.6 is 0 Å². The summed E-state index contributed by atoms with van der Waals surface area (Å²) in [7, 11) is -2.50. The highest BCUT2D eigenvalue weighted by molar-refractivity contribution is 6.60. The van der Waals surface area contributed by atoms with Crippen molar-refractivity contribution in [2.75, 3.05) is 39.6 Å². The minimum Gasteiger partial charge on any atom is -0.381 e. The number of hydrogen-bond donors (Lipinski definition) is 0.